The van der Waals surface area contributed by atoms with Gasteiger partial charge in [0, 0.05) is 17.4 Å². The van der Waals surface area contributed by atoms with Crippen LogP contribution in [0.15, 0.2) is 65.7 Å². The largest absolute Gasteiger partial charge is 0.489 e. The number of nitrogens with zero attached hydrogens (tertiary/aromatic N) is 2. The maximum atomic E-state index is 6.01. The molecule has 2 heterocycles. The van der Waals surface area contributed by atoms with E-state index in [0.29, 0.717) is 19.2 Å². The number of hydrogen-bond donors (Lipinski definition) is 0. The lowest BCUT2D eigenvalue weighted by atomic mass is 9.88. The molecule has 35 heavy (non-hydrogen) atoms. The van der Waals surface area contributed by atoms with Crippen LogP contribution in [-0.4, -0.2) is 23.0 Å². The van der Waals surface area contributed by atoms with Crippen molar-refractivity contribution >= 4 is 17.0 Å². The Morgan fingerprint density at radius 2 is 1.83 bits per heavy atom. The zero-order valence-electron chi connectivity index (χ0n) is 21.0. The fourth-order valence-electron chi connectivity index (χ4n) is 3.76. The van der Waals surface area contributed by atoms with E-state index in [1.54, 1.807) is 0 Å². The molecule has 2 aromatic heterocycles. The number of hydrogen-bond acceptors (Lipinski definition) is 6. The molecule has 2 aromatic carbocycles. The smallest absolute Gasteiger partial charge is 0.323 e. The van der Waals surface area contributed by atoms with E-state index in [1.807, 2.05) is 74.5 Å². The Labute approximate surface area is 206 Å². The van der Waals surface area contributed by atoms with Crippen molar-refractivity contribution in [3.05, 3.63) is 78.0 Å². The van der Waals surface area contributed by atoms with Crippen molar-refractivity contribution in [1.29, 1.82) is 0 Å². The summed E-state index contributed by atoms with van der Waals surface area (Å²) in [5.41, 5.74) is 5.03. The fourth-order valence-corrected chi connectivity index (χ4v) is 3.76. The highest BCUT2D eigenvalue weighted by Gasteiger charge is 2.30. The molecule has 1 atom stereocenters. The minimum Gasteiger partial charge on any atom is -0.489 e. The highest BCUT2D eigenvalue weighted by molar-refractivity contribution is 5.84. The summed E-state index contributed by atoms with van der Waals surface area (Å²) in [4.78, 5) is 4.90. The van der Waals surface area contributed by atoms with Gasteiger partial charge in [0.25, 0.3) is 0 Å². The molecular weight excluding hydrogens is 440 g/mol. The minimum atomic E-state index is -0.465. The van der Waals surface area contributed by atoms with Gasteiger partial charge in [0.1, 0.15) is 23.6 Å². The van der Waals surface area contributed by atoms with E-state index in [4.69, 9.17) is 23.7 Å². The molecule has 0 radical (unpaired) electrons. The summed E-state index contributed by atoms with van der Waals surface area (Å²) in [6, 6.07) is 18.0. The lowest BCUT2D eigenvalue weighted by Gasteiger charge is -2.17. The summed E-state index contributed by atoms with van der Waals surface area (Å²) >= 11 is 0. The second kappa shape index (κ2) is 10.3. The van der Waals surface area contributed by atoms with Gasteiger partial charge in [-0.3, -0.25) is 0 Å². The molecule has 0 saturated carbocycles. The van der Waals surface area contributed by atoms with Crippen molar-refractivity contribution in [3.63, 3.8) is 0 Å². The number of rotatable bonds is 9. The number of pyridine rings is 1. The molecule has 1 unspecified atom stereocenters. The fraction of sp³-hybridized carbons (Fsp3) is 0.310. The zero-order valence-corrected chi connectivity index (χ0v) is 21.0. The van der Waals surface area contributed by atoms with Crippen molar-refractivity contribution < 1.29 is 18.7 Å². The Kier molecular flexibility index (Phi) is 7.22. The van der Waals surface area contributed by atoms with E-state index in [2.05, 4.69) is 32.5 Å². The van der Waals surface area contributed by atoms with Crippen molar-refractivity contribution in [3.8, 4) is 23.0 Å². The van der Waals surface area contributed by atoms with Crippen LogP contribution in [0.5, 0.6) is 11.7 Å². The number of benzene rings is 2. The van der Waals surface area contributed by atoms with Crippen molar-refractivity contribution in [2.75, 3.05) is 6.61 Å². The second-order valence-corrected chi connectivity index (χ2v) is 9.37. The summed E-state index contributed by atoms with van der Waals surface area (Å²) in [5, 5.41) is 5.29. The van der Waals surface area contributed by atoms with Gasteiger partial charge in [0.15, 0.2) is 6.29 Å². The first kappa shape index (κ1) is 24.5. The average Bonchev–Trinajstić information content (AvgIpc) is 3.26. The predicted octanol–water partition coefficient (Wildman–Crippen LogP) is 7.17. The molecule has 0 N–H and O–H groups in total. The summed E-state index contributed by atoms with van der Waals surface area (Å²) in [6.45, 7) is 14.8. The number of fused-ring (bicyclic) bond motifs is 1. The van der Waals surface area contributed by atoms with Gasteiger partial charge in [-0.2, -0.15) is 0 Å². The normalized spacial score (nSPS) is 12.5. The van der Waals surface area contributed by atoms with E-state index < -0.39 is 6.29 Å². The summed E-state index contributed by atoms with van der Waals surface area (Å²) < 4.78 is 23.1. The van der Waals surface area contributed by atoms with Gasteiger partial charge < -0.3 is 18.7 Å². The van der Waals surface area contributed by atoms with Crippen LogP contribution in [-0.2, 0) is 16.8 Å². The van der Waals surface area contributed by atoms with E-state index >= 15 is 0 Å². The zero-order chi connectivity index (χ0) is 25.0. The van der Waals surface area contributed by atoms with E-state index in [9.17, 15) is 0 Å². The van der Waals surface area contributed by atoms with Crippen LogP contribution in [0.4, 0.5) is 0 Å². The third kappa shape index (κ3) is 5.72. The van der Waals surface area contributed by atoms with Gasteiger partial charge in [-0.05, 0) is 49.2 Å². The molecule has 0 saturated heterocycles. The lowest BCUT2D eigenvalue weighted by molar-refractivity contribution is -0.0741. The van der Waals surface area contributed by atoms with Gasteiger partial charge in [-0.1, -0.05) is 68.9 Å². The third-order valence-electron chi connectivity index (χ3n) is 5.58. The standard InChI is InChI=1S/C29H32N2O4/c1-7-20-9-11-21(12-10-20)18-33-23-14-16-24-22(17-23)13-15-25(30-24)26-27(29(4,5)6)31-35-28(26)34-19(3)32-8-2/h7,9-17,19H,1,8,18H2,2-6H3. The molecule has 182 valence electrons. The first-order valence-electron chi connectivity index (χ1n) is 11.8. The first-order valence-corrected chi connectivity index (χ1v) is 11.8. The average molecular weight is 473 g/mol. The van der Waals surface area contributed by atoms with Crippen LogP contribution in [0.2, 0.25) is 0 Å². The Bertz CT molecular complexity index is 1300. The van der Waals surface area contributed by atoms with E-state index in [1.165, 1.54) is 0 Å². The maximum absolute atomic E-state index is 6.01. The number of ether oxygens (including phenoxy) is 3. The molecule has 6 heteroatoms. The molecule has 0 amide bonds. The van der Waals surface area contributed by atoms with Gasteiger partial charge in [0.05, 0.1) is 11.2 Å². The summed E-state index contributed by atoms with van der Waals surface area (Å²) in [5.74, 6) is 1.10. The van der Waals surface area contributed by atoms with Crippen LogP contribution < -0.4 is 9.47 Å². The van der Waals surface area contributed by atoms with E-state index in [0.717, 1.165) is 44.7 Å². The van der Waals surface area contributed by atoms with Crippen LogP contribution in [0.25, 0.3) is 28.2 Å². The molecule has 0 bridgehead atoms. The van der Waals surface area contributed by atoms with Gasteiger partial charge in [-0.15, -0.1) is 0 Å². The highest BCUT2D eigenvalue weighted by Crippen LogP contribution is 2.39. The highest BCUT2D eigenvalue weighted by atomic mass is 16.7. The monoisotopic (exact) mass is 472 g/mol. The third-order valence-corrected chi connectivity index (χ3v) is 5.58. The topological polar surface area (TPSA) is 66.6 Å². The Hall–Kier alpha value is -3.64. The molecule has 0 aliphatic carbocycles. The Morgan fingerprint density at radius 3 is 2.51 bits per heavy atom. The molecular formula is C29H32N2O4. The second-order valence-electron chi connectivity index (χ2n) is 9.37. The molecule has 0 fully saturated rings. The van der Waals surface area contributed by atoms with Crippen molar-refractivity contribution in [2.24, 2.45) is 0 Å². The number of aromatic nitrogens is 2. The van der Waals surface area contributed by atoms with Crippen molar-refractivity contribution in [2.45, 2.75) is 52.9 Å². The van der Waals surface area contributed by atoms with Crippen LogP contribution >= 0.6 is 0 Å². The Balaban J connectivity index is 1.61. The van der Waals surface area contributed by atoms with Crippen molar-refractivity contribution in [1.82, 2.24) is 10.1 Å². The molecule has 0 aliphatic heterocycles. The molecule has 0 aliphatic rings. The first-order chi connectivity index (χ1) is 16.8. The van der Waals surface area contributed by atoms with Gasteiger partial charge in [-0.25, -0.2) is 4.98 Å². The summed E-state index contributed by atoms with van der Waals surface area (Å²) in [6.07, 6.45) is 1.36. The molecule has 4 rings (SSSR count). The Morgan fingerprint density at radius 1 is 1.06 bits per heavy atom. The van der Waals surface area contributed by atoms with E-state index in [-0.39, 0.29) is 5.41 Å². The summed E-state index contributed by atoms with van der Waals surface area (Å²) in [7, 11) is 0. The quantitative estimate of drug-likeness (QED) is 0.241. The maximum Gasteiger partial charge on any atom is 0.323 e. The van der Waals surface area contributed by atoms with Crippen LogP contribution in [0.3, 0.4) is 0 Å². The predicted molar refractivity (Wildman–Crippen MR) is 139 cm³/mol. The molecule has 6 nitrogen and oxygen atoms in total. The van der Waals surface area contributed by atoms with Crippen LogP contribution in [0.1, 0.15) is 51.4 Å². The molecule has 0 spiro atoms. The van der Waals surface area contributed by atoms with Gasteiger partial charge >= 0.3 is 5.95 Å². The SMILES string of the molecule is C=Cc1ccc(COc2ccc3nc(-c4c(C(C)(C)C)noc4OC(C)OCC)ccc3c2)cc1. The van der Waals surface area contributed by atoms with Gasteiger partial charge in [0.2, 0.25) is 0 Å². The lowest BCUT2D eigenvalue weighted by Crippen LogP contribution is -2.17. The minimum absolute atomic E-state index is 0.256. The van der Waals surface area contributed by atoms with Crippen LogP contribution in [0, 0.1) is 0 Å². The molecule has 4 aromatic rings.